The topological polar surface area (TPSA) is 55.6 Å². The van der Waals surface area contributed by atoms with Gasteiger partial charge < -0.3 is 5.32 Å². The Hall–Kier alpha value is -1.11. The van der Waals surface area contributed by atoms with Crippen LogP contribution < -0.4 is 5.32 Å². The van der Waals surface area contributed by atoms with Crippen LogP contribution in [0.5, 0.6) is 0 Å². The molecule has 90 valence electrons. The van der Waals surface area contributed by atoms with Crippen molar-refractivity contribution in [3.05, 3.63) is 28.8 Å². The number of hydrogen-bond acceptors (Lipinski definition) is 5. The molecule has 1 aromatic carbocycles. The van der Waals surface area contributed by atoms with Gasteiger partial charge in [0.05, 0.1) is 0 Å². The maximum absolute atomic E-state index is 6.18. The number of nitrogens with zero attached hydrogens (tertiary/aromatic N) is 4. The second-order valence-electron chi connectivity index (χ2n) is 3.47. The molecule has 0 amide bonds. The van der Waals surface area contributed by atoms with Gasteiger partial charge in [0.25, 0.3) is 0 Å². The van der Waals surface area contributed by atoms with Crippen molar-refractivity contribution in [3.63, 3.8) is 0 Å². The molecule has 0 saturated carbocycles. The van der Waals surface area contributed by atoms with Crippen LogP contribution >= 0.6 is 23.4 Å². The van der Waals surface area contributed by atoms with E-state index in [9.17, 15) is 0 Å². The number of hydrogen-bond donors (Lipinski definition) is 1. The van der Waals surface area contributed by atoms with Crippen molar-refractivity contribution in [2.45, 2.75) is 16.6 Å². The molecule has 0 atom stereocenters. The van der Waals surface area contributed by atoms with E-state index >= 15 is 0 Å². The van der Waals surface area contributed by atoms with Crippen molar-refractivity contribution in [2.24, 2.45) is 7.05 Å². The molecule has 0 aliphatic rings. The summed E-state index contributed by atoms with van der Waals surface area (Å²) >= 11 is 7.66. The Morgan fingerprint density at radius 1 is 1.47 bits per heavy atom. The highest BCUT2D eigenvalue weighted by molar-refractivity contribution is 7.99. The van der Waals surface area contributed by atoms with Crippen molar-refractivity contribution in [2.75, 3.05) is 7.05 Å². The highest BCUT2D eigenvalue weighted by Gasteiger charge is 2.07. The van der Waals surface area contributed by atoms with Crippen molar-refractivity contribution in [3.8, 4) is 0 Å². The molecule has 17 heavy (non-hydrogen) atoms. The molecule has 2 rings (SSSR count). The Kier molecular flexibility index (Phi) is 3.98. The van der Waals surface area contributed by atoms with E-state index in [-0.39, 0.29) is 0 Å². The smallest absolute Gasteiger partial charge is 0.213 e. The minimum Gasteiger partial charge on any atom is -0.316 e. The molecule has 0 fully saturated rings. The zero-order chi connectivity index (χ0) is 12.3. The second-order valence-corrected chi connectivity index (χ2v) is 4.92. The Morgan fingerprint density at radius 3 is 2.88 bits per heavy atom. The van der Waals surface area contributed by atoms with E-state index in [1.54, 1.807) is 11.7 Å². The van der Waals surface area contributed by atoms with E-state index in [0.29, 0.717) is 0 Å². The number of benzene rings is 1. The van der Waals surface area contributed by atoms with E-state index in [1.807, 2.05) is 25.2 Å². The first kappa shape index (κ1) is 12.3. The van der Waals surface area contributed by atoms with Crippen LogP contribution in [0.15, 0.2) is 28.3 Å². The van der Waals surface area contributed by atoms with Crippen molar-refractivity contribution < 1.29 is 0 Å². The van der Waals surface area contributed by atoms with E-state index in [2.05, 4.69) is 20.8 Å². The fraction of sp³-hybridized carbons (Fsp3) is 0.300. The first-order chi connectivity index (χ1) is 8.20. The summed E-state index contributed by atoms with van der Waals surface area (Å²) in [4.78, 5) is 1.02. The second kappa shape index (κ2) is 5.48. The minimum atomic E-state index is 0.738. The summed E-state index contributed by atoms with van der Waals surface area (Å²) in [6.45, 7) is 0.759. The fourth-order valence-corrected chi connectivity index (χ4v) is 2.42. The SMILES string of the molecule is CNCc1ccc(Sc2nnnn2C)cc1Cl. The molecule has 2 aromatic rings. The molecule has 7 heteroatoms. The van der Waals surface area contributed by atoms with Crippen LogP contribution in [-0.4, -0.2) is 27.3 Å². The molecule has 0 unspecified atom stereocenters. The minimum absolute atomic E-state index is 0.738. The third-order valence-electron chi connectivity index (χ3n) is 2.18. The van der Waals surface area contributed by atoms with Crippen molar-refractivity contribution in [1.29, 1.82) is 0 Å². The van der Waals surface area contributed by atoms with Crippen LogP contribution in [0.25, 0.3) is 0 Å². The number of aryl methyl sites for hydroxylation is 1. The third kappa shape index (κ3) is 2.96. The normalized spacial score (nSPS) is 10.8. The van der Waals surface area contributed by atoms with Gasteiger partial charge in [-0.25, -0.2) is 4.68 Å². The molecule has 1 heterocycles. The van der Waals surface area contributed by atoms with Crippen LogP contribution in [-0.2, 0) is 13.6 Å². The van der Waals surface area contributed by atoms with Crippen LogP contribution in [0.2, 0.25) is 5.02 Å². The lowest BCUT2D eigenvalue weighted by atomic mass is 10.2. The Bertz CT molecular complexity index is 513. The van der Waals surface area contributed by atoms with Gasteiger partial charge in [0.2, 0.25) is 5.16 Å². The molecule has 5 nitrogen and oxygen atoms in total. The van der Waals surface area contributed by atoms with Crippen LogP contribution in [0, 0.1) is 0 Å². The quantitative estimate of drug-likeness (QED) is 0.916. The van der Waals surface area contributed by atoms with Crippen LogP contribution in [0.4, 0.5) is 0 Å². The predicted octanol–water partition coefficient (Wildman–Crippen LogP) is 1.73. The zero-order valence-corrected chi connectivity index (χ0v) is 11.1. The summed E-state index contributed by atoms with van der Waals surface area (Å²) in [7, 11) is 3.70. The molecule has 1 aromatic heterocycles. The van der Waals surface area contributed by atoms with E-state index < -0.39 is 0 Å². The molecule has 0 spiro atoms. The van der Waals surface area contributed by atoms with Crippen molar-refractivity contribution in [1.82, 2.24) is 25.5 Å². The van der Waals surface area contributed by atoms with Gasteiger partial charge in [-0.3, -0.25) is 0 Å². The Morgan fingerprint density at radius 2 is 2.29 bits per heavy atom. The van der Waals surface area contributed by atoms with Crippen LogP contribution in [0.1, 0.15) is 5.56 Å². The maximum atomic E-state index is 6.18. The van der Waals surface area contributed by atoms with Gasteiger partial charge in [0.15, 0.2) is 0 Å². The van der Waals surface area contributed by atoms with Crippen LogP contribution in [0.3, 0.4) is 0 Å². The largest absolute Gasteiger partial charge is 0.316 e. The summed E-state index contributed by atoms with van der Waals surface area (Å²) in [6, 6.07) is 5.94. The lowest BCUT2D eigenvalue weighted by Gasteiger charge is -2.05. The monoisotopic (exact) mass is 269 g/mol. The van der Waals surface area contributed by atoms with Gasteiger partial charge in [-0.1, -0.05) is 17.7 Å². The molecule has 1 N–H and O–H groups in total. The number of tetrazole rings is 1. The first-order valence-corrected chi connectivity index (χ1v) is 6.23. The van der Waals surface area contributed by atoms with E-state index in [4.69, 9.17) is 11.6 Å². The molecule has 0 aliphatic carbocycles. The zero-order valence-electron chi connectivity index (χ0n) is 9.51. The Balaban J connectivity index is 2.18. The van der Waals surface area contributed by atoms with E-state index in [0.717, 1.165) is 27.2 Å². The maximum Gasteiger partial charge on any atom is 0.213 e. The lowest BCUT2D eigenvalue weighted by molar-refractivity contribution is 0.664. The van der Waals surface area contributed by atoms with Gasteiger partial charge in [-0.05, 0) is 46.9 Å². The first-order valence-electron chi connectivity index (χ1n) is 5.04. The van der Waals surface area contributed by atoms with Gasteiger partial charge in [0, 0.05) is 23.5 Å². The average molecular weight is 270 g/mol. The lowest BCUT2D eigenvalue weighted by Crippen LogP contribution is -2.05. The molecular formula is C10H12ClN5S. The molecule has 0 saturated heterocycles. The predicted molar refractivity (Wildman–Crippen MR) is 67.1 cm³/mol. The summed E-state index contributed by atoms with van der Waals surface area (Å²) in [5.74, 6) is 0. The Labute approximate surface area is 109 Å². The third-order valence-corrected chi connectivity index (χ3v) is 3.55. The van der Waals surface area contributed by atoms with Gasteiger partial charge in [-0.2, -0.15) is 0 Å². The van der Waals surface area contributed by atoms with E-state index in [1.165, 1.54) is 11.8 Å². The fourth-order valence-electron chi connectivity index (χ4n) is 1.34. The highest BCUT2D eigenvalue weighted by Crippen LogP contribution is 2.28. The summed E-state index contributed by atoms with van der Waals surface area (Å²) in [5, 5.41) is 15.8. The standard InChI is InChI=1S/C10H12ClN5S/c1-12-6-7-3-4-8(5-9(7)11)17-10-13-14-15-16(10)2/h3-5,12H,6H2,1-2H3. The number of aromatic nitrogens is 4. The molecule has 0 radical (unpaired) electrons. The van der Waals surface area contributed by atoms with Crippen molar-refractivity contribution >= 4 is 23.4 Å². The summed E-state index contributed by atoms with van der Waals surface area (Å²) in [5.41, 5.74) is 1.08. The van der Waals surface area contributed by atoms with Gasteiger partial charge in [0.1, 0.15) is 0 Å². The molecule has 0 bridgehead atoms. The molecule has 0 aliphatic heterocycles. The average Bonchev–Trinajstić information content (AvgIpc) is 2.69. The summed E-state index contributed by atoms with van der Waals surface area (Å²) in [6.07, 6.45) is 0. The number of rotatable bonds is 4. The van der Waals surface area contributed by atoms with Gasteiger partial charge >= 0.3 is 0 Å². The highest BCUT2D eigenvalue weighted by atomic mass is 35.5. The number of nitrogens with one attached hydrogen (secondary N) is 1. The number of halogens is 1. The molecular weight excluding hydrogens is 258 g/mol. The van der Waals surface area contributed by atoms with Gasteiger partial charge in [-0.15, -0.1) is 5.10 Å². The summed E-state index contributed by atoms with van der Waals surface area (Å²) < 4.78 is 1.63.